The van der Waals surface area contributed by atoms with Crippen LogP contribution in [0.4, 0.5) is 0 Å². The van der Waals surface area contributed by atoms with Gasteiger partial charge in [0.1, 0.15) is 12.7 Å². The van der Waals surface area contributed by atoms with Crippen molar-refractivity contribution < 1.29 is 0 Å². The zero-order valence-corrected chi connectivity index (χ0v) is 8.35. The summed E-state index contributed by atoms with van der Waals surface area (Å²) in [5, 5.41) is 3.95. The van der Waals surface area contributed by atoms with Crippen LogP contribution in [0, 0.1) is 0 Å². The van der Waals surface area contributed by atoms with Crippen molar-refractivity contribution in [1.29, 1.82) is 0 Å². The first kappa shape index (κ1) is 14.2. The molecule has 0 spiro atoms. The van der Waals surface area contributed by atoms with E-state index in [0.717, 1.165) is 25.9 Å². The molecule has 1 aromatic heterocycles. The van der Waals surface area contributed by atoms with E-state index in [4.69, 9.17) is 5.73 Å². The van der Waals surface area contributed by atoms with E-state index >= 15 is 0 Å². The molecular formula is C6H14Cl2N4. The average molecular weight is 213 g/mol. The van der Waals surface area contributed by atoms with Crippen molar-refractivity contribution >= 4 is 24.8 Å². The maximum atomic E-state index is 5.32. The molecule has 0 saturated carbocycles. The summed E-state index contributed by atoms with van der Waals surface area (Å²) in [6.45, 7) is 1.69. The Labute approximate surface area is 84.4 Å². The van der Waals surface area contributed by atoms with E-state index in [0.29, 0.717) is 0 Å². The van der Waals surface area contributed by atoms with E-state index in [2.05, 4.69) is 10.1 Å². The molecule has 1 rings (SSSR count). The Balaban J connectivity index is 0. The van der Waals surface area contributed by atoms with Gasteiger partial charge in [-0.2, -0.15) is 5.10 Å². The first-order valence-corrected chi connectivity index (χ1v) is 3.46. The smallest absolute Gasteiger partial charge is 0.137 e. The van der Waals surface area contributed by atoms with Crippen LogP contribution in [0.15, 0.2) is 12.7 Å². The number of unbranched alkanes of at least 4 members (excludes halogenated alkanes) is 1. The highest BCUT2D eigenvalue weighted by Gasteiger charge is 1.88. The average Bonchev–Trinajstić information content (AvgIpc) is 2.41. The first-order valence-electron chi connectivity index (χ1n) is 3.46. The lowest BCUT2D eigenvalue weighted by Crippen LogP contribution is -2.03. The van der Waals surface area contributed by atoms with Crippen molar-refractivity contribution in [2.75, 3.05) is 6.54 Å². The van der Waals surface area contributed by atoms with Gasteiger partial charge < -0.3 is 5.73 Å². The lowest BCUT2D eigenvalue weighted by atomic mass is 10.3. The maximum Gasteiger partial charge on any atom is 0.137 e. The third kappa shape index (κ3) is 5.35. The first-order chi connectivity index (χ1) is 4.93. The molecule has 12 heavy (non-hydrogen) atoms. The van der Waals surface area contributed by atoms with Gasteiger partial charge in [0.25, 0.3) is 0 Å². The largest absolute Gasteiger partial charge is 0.330 e. The van der Waals surface area contributed by atoms with Crippen LogP contribution in [0.2, 0.25) is 0 Å². The zero-order valence-electron chi connectivity index (χ0n) is 6.72. The molecule has 0 atom stereocenters. The van der Waals surface area contributed by atoms with E-state index in [9.17, 15) is 0 Å². The summed E-state index contributed by atoms with van der Waals surface area (Å²) in [6.07, 6.45) is 5.40. The van der Waals surface area contributed by atoms with Crippen molar-refractivity contribution in [3.8, 4) is 0 Å². The van der Waals surface area contributed by atoms with E-state index in [1.165, 1.54) is 0 Å². The molecule has 72 valence electrons. The Morgan fingerprint density at radius 3 is 2.50 bits per heavy atom. The minimum absolute atomic E-state index is 0. The minimum atomic E-state index is 0. The van der Waals surface area contributed by atoms with Gasteiger partial charge in [-0.1, -0.05) is 0 Å². The van der Waals surface area contributed by atoms with Gasteiger partial charge in [-0.05, 0) is 19.4 Å². The summed E-state index contributed by atoms with van der Waals surface area (Å²) in [4.78, 5) is 3.82. The lowest BCUT2D eigenvalue weighted by molar-refractivity contribution is 0.560. The number of aromatic nitrogens is 3. The second kappa shape index (κ2) is 8.77. The van der Waals surface area contributed by atoms with Crippen LogP contribution in [0.5, 0.6) is 0 Å². The number of rotatable bonds is 4. The second-order valence-electron chi connectivity index (χ2n) is 2.15. The van der Waals surface area contributed by atoms with Crippen molar-refractivity contribution in [3.05, 3.63) is 12.7 Å². The molecule has 0 bridgehead atoms. The molecule has 6 heteroatoms. The number of hydrogen-bond acceptors (Lipinski definition) is 3. The quantitative estimate of drug-likeness (QED) is 0.754. The Hall–Kier alpha value is -0.320. The zero-order chi connectivity index (χ0) is 7.23. The molecule has 0 fully saturated rings. The highest BCUT2D eigenvalue weighted by atomic mass is 35.5. The van der Waals surface area contributed by atoms with Gasteiger partial charge >= 0.3 is 0 Å². The number of halogens is 2. The van der Waals surface area contributed by atoms with Crippen molar-refractivity contribution in [1.82, 2.24) is 14.8 Å². The molecule has 0 saturated heterocycles. The Morgan fingerprint density at radius 1 is 1.25 bits per heavy atom. The van der Waals surface area contributed by atoms with Gasteiger partial charge in [0.05, 0.1) is 0 Å². The maximum absolute atomic E-state index is 5.32. The Morgan fingerprint density at radius 2 is 2.00 bits per heavy atom. The van der Waals surface area contributed by atoms with Gasteiger partial charge in [0, 0.05) is 6.54 Å². The van der Waals surface area contributed by atoms with Gasteiger partial charge in [-0.15, -0.1) is 24.8 Å². The SMILES string of the molecule is Cl.Cl.NCCCCn1cncn1. The number of nitrogens with zero attached hydrogens (tertiary/aromatic N) is 3. The van der Waals surface area contributed by atoms with E-state index < -0.39 is 0 Å². The molecule has 0 radical (unpaired) electrons. The third-order valence-electron chi connectivity index (χ3n) is 1.31. The fourth-order valence-corrected chi connectivity index (χ4v) is 0.766. The van der Waals surface area contributed by atoms with Crippen LogP contribution < -0.4 is 5.73 Å². The standard InChI is InChI=1S/C6H12N4.2ClH/c7-3-1-2-4-10-6-8-5-9-10;;/h5-6H,1-4,7H2;2*1H. The highest BCUT2D eigenvalue weighted by molar-refractivity contribution is 5.85. The number of nitrogens with two attached hydrogens (primary N) is 1. The highest BCUT2D eigenvalue weighted by Crippen LogP contribution is 1.89. The molecule has 0 amide bonds. The second-order valence-corrected chi connectivity index (χ2v) is 2.15. The number of hydrogen-bond donors (Lipinski definition) is 1. The molecular weight excluding hydrogens is 199 g/mol. The monoisotopic (exact) mass is 212 g/mol. The summed E-state index contributed by atoms with van der Waals surface area (Å²) in [5.41, 5.74) is 5.32. The van der Waals surface area contributed by atoms with Crippen LogP contribution in [0.1, 0.15) is 12.8 Å². The fraction of sp³-hybridized carbons (Fsp3) is 0.667. The Bertz CT molecular complexity index is 166. The molecule has 2 N–H and O–H groups in total. The van der Waals surface area contributed by atoms with Crippen molar-refractivity contribution in [2.45, 2.75) is 19.4 Å². The van der Waals surface area contributed by atoms with Gasteiger partial charge in [0.2, 0.25) is 0 Å². The summed E-state index contributed by atoms with van der Waals surface area (Å²) in [7, 11) is 0. The summed E-state index contributed by atoms with van der Waals surface area (Å²) >= 11 is 0. The van der Waals surface area contributed by atoms with Crippen molar-refractivity contribution in [2.24, 2.45) is 5.73 Å². The van der Waals surface area contributed by atoms with E-state index in [1.807, 2.05) is 4.68 Å². The predicted octanol–water partition coefficient (Wildman–Crippen LogP) is 0.861. The molecule has 0 aliphatic rings. The summed E-state index contributed by atoms with van der Waals surface area (Å²) in [6, 6.07) is 0. The molecule has 0 unspecified atom stereocenters. The van der Waals surface area contributed by atoms with Crippen LogP contribution >= 0.6 is 24.8 Å². The van der Waals surface area contributed by atoms with Gasteiger partial charge in [0.15, 0.2) is 0 Å². The Kier molecular flexibility index (Phi) is 10.4. The van der Waals surface area contributed by atoms with E-state index in [1.54, 1.807) is 12.7 Å². The van der Waals surface area contributed by atoms with Crippen LogP contribution in [-0.4, -0.2) is 21.3 Å². The molecule has 4 nitrogen and oxygen atoms in total. The van der Waals surface area contributed by atoms with Crippen molar-refractivity contribution in [3.63, 3.8) is 0 Å². The van der Waals surface area contributed by atoms with Crippen LogP contribution in [0.25, 0.3) is 0 Å². The molecule has 0 aliphatic heterocycles. The third-order valence-corrected chi connectivity index (χ3v) is 1.31. The van der Waals surface area contributed by atoms with E-state index in [-0.39, 0.29) is 24.8 Å². The van der Waals surface area contributed by atoms with Crippen LogP contribution in [0.3, 0.4) is 0 Å². The lowest BCUT2D eigenvalue weighted by Gasteiger charge is -1.96. The van der Waals surface area contributed by atoms with Crippen LogP contribution in [-0.2, 0) is 6.54 Å². The molecule has 1 aromatic rings. The molecule has 0 aliphatic carbocycles. The summed E-state index contributed by atoms with van der Waals surface area (Å²) < 4.78 is 1.82. The fourth-order valence-electron chi connectivity index (χ4n) is 0.766. The topological polar surface area (TPSA) is 56.7 Å². The molecule has 0 aromatic carbocycles. The minimum Gasteiger partial charge on any atom is -0.330 e. The number of aryl methyl sites for hydroxylation is 1. The van der Waals surface area contributed by atoms with Gasteiger partial charge in [-0.25, -0.2) is 4.98 Å². The predicted molar refractivity (Wildman–Crippen MR) is 52.8 cm³/mol. The molecule has 1 heterocycles. The normalized spacial score (nSPS) is 8.42. The van der Waals surface area contributed by atoms with Gasteiger partial charge in [-0.3, -0.25) is 4.68 Å². The summed E-state index contributed by atoms with van der Waals surface area (Å²) in [5.74, 6) is 0.